The highest BCUT2D eigenvalue weighted by molar-refractivity contribution is 5.95. The topological polar surface area (TPSA) is 54.3 Å². The van der Waals surface area contributed by atoms with Gasteiger partial charge in [0.25, 0.3) is 5.91 Å². The zero-order valence-electron chi connectivity index (χ0n) is 13.8. The third kappa shape index (κ3) is 3.04. The number of piperidine rings is 2. The molecule has 1 amide bonds. The van der Waals surface area contributed by atoms with Crippen LogP contribution in [0.5, 0.6) is 0 Å². The van der Waals surface area contributed by atoms with Crippen molar-refractivity contribution in [1.82, 2.24) is 24.8 Å². The summed E-state index contributed by atoms with van der Waals surface area (Å²) in [7, 11) is 0. The minimum absolute atomic E-state index is 0.141. The maximum Gasteiger partial charge on any atom is 0.251 e. The van der Waals surface area contributed by atoms with E-state index in [1.165, 1.54) is 32.2 Å². The Morgan fingerprint density at radius 3 is 2.83 bits per heavy atom. The lowest BCUT2D eigenvalue weighted by atomic mass is 9.83. The molecule has 0 bridgehead atoms. The fourth-order valence-corrected chi connectivity index (χ4v) is 4.28. The van der Waals surface area contributed by atoms with Crippen molar-refractivity contribution < 1.29 is 4.79 Å². The summed E-state index contributed by atoms with van der Waals surface area (Å²) >= 11 is 0. The Bertz CT molecular complexity index is 592. The molecule has 23 heavy (non-hydrogen) atoms. The van der Waals surface area contributed by atoms with Crippen molar-refractivity contribution in [1.29, 1.82) is 0 Å². The maximum absolute atomic E-state index is 12.7. The Kier molecular flexibility index (Phi) is 3.93. The van der Waals surface area contributed by atoms with Crippen molar-refractivity contribution in [3.05, 3.63) is 18.0 Å². The number of aromatic nitrogens is 3. The smallest absolute Gasteiger partial charge is 0.251 e. The molecule has 2 aliphatic heterocycles. The molecule has 0 spiro atoms. The van der Waals surface area contributed by atoms with Crippen LogP contribution in [0.3, 0.4) is 0 Å². The van der Waals surface area contributed by atoms with Gasteiger partial charge in [0, 0.05) is 36.9 Å². The lowest BCUT2D eigenvalue weighted by Gasteiger charge is -2.47. The average molecular weight is 315 g/mol. The zero-order valence-corrected chi connectivity index (χ0v) is 13.8. The molecule has 3 heterocycles. The molecule has 0 aromatic carbocycles. The summed E-state index contributed by atoms with van der Waals surface area (Å²) in [5.74, 6) is 0.795. The van der Waals surface area contributed by atoms with Gasteiger partial charge in [-0.25, -0.2) is 4.68 Å². The molecule has 6 heteroatoms. The second-order valence-corrected chi connectivity index (χ2v) is 7.17. The van der Waals surface area contributed by atoms with Gasteiger partial charge in [-0.2, -0.15) is 0 Å². The van der Waals surface area contributed by atoms with Crippen molar-refractivity contribution in [3.63, 3.8) is 0 Å². The summed E-state index contributed by atoms with van der Waals surface area (Å²) in [6.07, 6.45) is 11.6. The predicted molar refractivity (Wildman–Crippen MR) is 87.4 cm³/mol. The van der Waals surface area contributed by atoms with Crippen molar-refractivity contribution in [2.75, 3.05) is 19.6 Å². The van der Waals surface area contributed by atoms with E-state index in [1.54, 1.807) is 23.3 Å². The van der Waals surface area contributed by atoms with E-state index in [0.29, 0.717) is 12.0 Å². The number of hydrogen-bond donors (Lipinski definition) is 0. The SMILES string of the molecule is C/C(=C\n1ccnn1)C(=O)N1CCC2C(CCCN2C2CC2)C1. The van der Waals surface area contributed by atoms with Crippen molar-refractivity contribution >= 4 is 12.1 Å². The number of hydrogen-bond acceptors (Lipinski definition) is 4. The van der Waals surface area contributed by atoms with Gasteiger partial charge in [-0.15, -0.1) is 5.10 Å². The van der Waals surface area contributed by atoms with Gasteiger partial charge in [-0.05, 0) is 51.5 Å². The van der Waals surface area contributed by atoms with E-state index < -0.39 is 0 Å². The molecular formula is C17H25N5O. The van der Waals surface area contributed by atoms with E-state index in [1.807, 2.05) is 11.8 Å². The minimum atomic E-state index is 0.141. The highest BCUT2D eigenvalue weighted by atomic mass is 16.2. The molecule has 1 aromatic rings. The van der Waals surface area contributed by atoms with Crippen LogP contribution < -0.4 is 0 Å². The molecule has 1 aromatic heterocycles. The molecule has 124 valence electrons. The summed E-state index contributed by atoms with van der Waals surface area (Å²) in [6.45, 7) is 4.93. The second kappa shape index (κ2) is 6.07. The fraction of sp³-hybridized carbons (Fsp3) is 0.706. The molecule has 4 rings (SSSR count). The lowest BCUT2D eigenvalue weighted by Crippen LogP contribution is -2.55. The number of rotatable bonds is 3. The number of likely N-dealkylation sites (tertiary alicyclic amines) is 2. The Morgan fingerprint density at radius 2 is 2.09 bits per heavy atom. The molecule has 1 saturated carbocycles. The largest absolute Gasteiger partial charge is 0.338 e. The van der Waals surface area contributed by atoms with Crippen LogP contribution in [0.25, 0.3) is 6.20 Å². The quantitative estimate of drug-likeness (QED) is 0.795. The van der Waals surface area contributed by atoms with Gasteiger partial charge in [0.15, 0.2) is 0 Å². The third-order valence-electron chi connectivity index (χ3n) is 5.52. The Labute approximate surface area is 137 Å². The predicted octanol–water partition coefficient (Wildman–Crippen LogP) is 1.61. The fourth-order valence-electron chi connectivity index (χ4n) is 4.28. The molecule has 6 nitrogen and oxygen atoms in total. The van der Waals surface area contributed by atoms with Crippen molar-refractivity contribution in [2.45, 2.75) is 51.1 Å². The van der Waals surface area contributed by atoms with E-state index in [9.17, 15) is 4.79 Å². The highest BCUT2D eigenvalue weighted by Crippen LogP contribution is 2.38. The first-order chi connectivity index (χ1) is 11.2. The summed E-state index contributed by atoms with van der Waals surface area (Å²) in [4.78, 5) is 17.5. The van der Waals surface area contributed by atoms with Crippen molar-refractivity contribution in [3.8, 4) is 0 Å². The number of amides is 1. The molecule has 2 unspecified atom stereocenters. The molecular weight excluding hydrogens is 290 g/mol. The number of fused-ring (bicyclic) bond motifs is 1. The average Bonchev–Trinajstić information content (AvgIpc) is 3.30. The Morgan fingerprint density at radius 1 is 1.22 bits per heavy atom. The number of carbonyl (C=O) groups excluding carboxylic acids is 1. The normalized spacial score (nSPS) is 29.4. The van der Waals surface area contributed by atoms with Crippen LogP contribution in [-0.2, 0) is 4.79 Å². The van der Waals surface area contributed by atoms with E-state index in [0.717, 1.165) is 31.1 Å². The van der Waals surface area contributed by atoms with Crippen LogP contribution in [0.4, 0.5) is 0 Å². The van der Waals surface area contributed by atoms with Crippen molar-refractivity contribution in [2.24, 2.45) is 5.92 Å². The van der Waals surface area contributed by atoms with Crippen LogP contribution in [0.15, 0.2) is 18.0 Å². The Hall–Kier alpha value is -1.69. The van der Waals surface area contributed by atoms with E-state index in [2.05, 4.69) is 15.2 Å². The zero-order chi connectivity index (χ0) is 15.8. The van der Waals surface area contributed by atoms with E-state index in [-0.39, 0.29) is 5.91 Å². The molecule has 0 radical (unpaired) electrons. The lowest BCUT2D eigenvalue weighted by molar-refractivity contribution is -0.130. The van der Waals surface area contributed by atoms with Crippen LogP contribution in [0, 0.1) is 5.92 Å². The second-order valence-electron chi connectivity index (χ2n) is 7.17. The maximum atomic E-state index is 12.7. The standard InChI is InChI=1S/C17H25N5O/c1-13(11-21-10-7-18-19-21)17(23)20-9-6-16-14(12-20)3-2-8-22(16)15-4-5-15/h7,10-11,14-16H,2-6,8-9,12H2,1H3/b13-11+. The Balaban J connectivity index is 1.42. The third-order valence-corrected chi connectivity index (χ3v) is 5.52. The van der Waals surface area contributed by atoms with Gasteiger partial charge in [0.05, 0.1) is 12.4 Å². The van der Waals surface area contributed by atoms with Gasteiger partial charge in [-0.1, -0.05) is 5.21 Å². The molecule has 1 aliphatic carbocycles. The highest BCUT2D eigenvalue weighted by Gasteiger charge is 2.42. The number of nitrogens with zero attached hydrogens (tertiary/aromatic N) is 5. The van der Waals surface area contributed by atoms with Crippen LogP contribution in [-0.4, -0.2) is 62.4 Å². The summed E-state index contributed by atoms with van der Waals surface area (Å²) < 4.78 is 1.59. The molecule has 0 N–H and O–H groups in total. The monoisotopic (exact) mass is 315 g/mol. The summed E-state index contributed by atoms with van der Waals surface area (Å²) in [5.41, 5.74) is 0.726. The summed E-state index contributed by atoms with van der Waals surface area (Å²) in [5, 5.41) is 7.67. The van der Waals surface area contributed by atoms with Gasteiger partial charge < -0.3 is 4.90 Å². The van der Waals surface area contributed by atoms with Gasteiger partial charge in [-0.3, -0.25) is 9.69 Å². The van der Waals surface area contributed by atoms with E-state index >= 15 is 0 Å². The molecule has 2 atom stereocenters. The first-order valence-corrected chi connectivity index (χ1v) is 8.81. The number of carbonyl (C=O) groups is 1. The molecule has 3 fully saturated rings. The first-order valence-electron chi connectivity index (χ1n) is 8.81. The van der Waals surface area contributed by atoms with E-state index in [4.69, 9.17) is 0 Å². The van der Waals surface area contributed by atoms with Gasteiger partial charge in [0.2, 0.25) is 0 Å². The molecule has 3 aliphatic rings. The van der Waals surface area contributed by atoms with Crippen LogP contribution in [0.2, 0.25) is 0 Å². The van der Waals surface area contributed by atoms with Gasteiger partial charge >= 0.3 is 0 Å². The van der Waals surface area contributed by atoms with Gasteiger partial charge in [0.1, 0.15) is 0 Å². The minimum Gasteiger partial charge on any atom is -0.338 e. The van der Waals surface area contributed by atoms with Crippen LogP contribution >= 0.6 is 0 Å². The van der Waals surface area contributed by atoms with Crippen LogP contribution in [0.1, 0.15) is 39.0 Å². The first kappa shape index (κ1) is 14.9. The summed E-state index contributed by atoms with van der Waals surface area (Å²) in [6, 6.07) is 1.55. The molecule has 2 saturated heterocycles.